The first-order valence-corrected chi connectivity index (χ1v) is 4.97. The molecule has 2 heterocycles. The summed E-state index contributed by atoms with van der Waals surface area (Å²) in [5, 5.41) is 8.30. The van der Waals surface area contributed by atoms with Gasteiger partial charge in [0.05, 0.1) is 18.4 Å². The minimum atomic E-state index is -0.140. The highest BCUT2D eigenvalue weighted by Crippen LogP contribution is 2.17. The van der Waals surface area contributed by atoms with Gasteiger partial charge in [-0.05, 0) is 6.92 Å². The topological polar surface area (TPSA) is 61.7 Å². The molecule has 0 aliphatic heterocycles. The van der Waals surface area contributed by atoms with E-state index >= 15 is 0 Å². The highest BCUT2D eigenvalue weighted by atomic mass is 15.3. The molecular formula is C10H15N5. The van der Waals surface area contributed by atoms with Gasteiger partial charge in [-0.15, -0.1) is 0 Å². The molecular weight excluding hydrogens is 190 g/mol. The number of nitrogens with two attached hydrogens (primary N) is 1. The lowest BCUT2D eigenvalue weighted by Gasteiger charge is -2.05. The third-order valence-corrected chi connectivity index (χ3v) is 2.42. The Morgan fingerprint density at radius 1 is 1.27 bits per heavy atom. The number of aryl methyl sites for hydroxylation is 2. The Kier molecular flexibility index (Phi) is 2.55. The highest BCUT2D eigenvalue weighted by Gasteiger charge is 2.12. The normalized spacial score (nSPS) is 13.0. The van der Waals surface area contributed by atoms with Gasteiger partial charge in [0.1, 0.15) is 0 Å². The molecule has 5 heteroatoms. The van der Waals surface area contributed by atoms with Crippen molar-refractivity contribution in [2.24, 2.45) is 12.8 Å². The van der Waals surface area contributed by atoms with E-state index in [9.17, 15) is 0 Å². The summed E-state index contributed by atoms with van der Waals surface area (Å²) in [5.41, 5.74) is 8.12. The average Bonchev–Trinajstić information content (AvgIpc) is 2.84. The minimum Gasteiger partial charge on any atom is -0.320 e. The van der Waals surface area contributed by atoms with E-state index in [2.05, 4.69) is 10.2 Å². The van der Waals surface area contributed by atoms with Gasteiger partial charge in [0, 0.05) is 37.1 Å². The predicted molar refractivity (Wildman–Crippen MR) is 57.1 cm³/mol. The molecule has 0 fully saturated rings. The second kappa shape index (κ2) is 3.86. The van der Waals surface area contributed by atoms with Crippen LogP contribution in [0.4, 0.5) is 0 Å². The zero-order chi connectivity index (χ0) is 10.8. The molecule has 0 aromatic carbocycles. The first kappa shape index (κ1) is 9.92. The van der Waals surface area contributed by atoms with E-state index in [-0.39, 0.29) is 6.04 Å². The van der Waals surface area contributed by atoms with Gasteiger partial charge < -0.3 is 5.73 Å². The second-order valence-electron chi connectivity index (χ2n) is 3.55. The van der Waals surface area contributed by atoms with E-state index in [1.165, 1.54) is 0 Å². The predicted octanol–water partition coefficient (Wildman–Crippen LogP) is 0.685. The van der Waals surface area contributed by atoms with Gasteiger partial charge in [0.2, 0.25) is 0 Å². The van der Waals surface area contributed by atoms with Crippen LogP contribution in [0, 0.1) is 0 Å². The van der Waals surface area contributed by atoms with Gasteiger partial charge in [0.25, 0.3) is 0 Å². The summed E-state index contributed by atoms with van der Waals surface area (Å²) in [6.07, 6.45) is 7.49. The molecule has 0 saturated carbocycles. The summed E-state index contributed by atoms with van der Waals surface area (Å²) in [6.45, 7) is 2.91. The maximum atomic E-state index is 6.09. The van der Waals surface area contributed by atoms with Crippen LogP contribution in [-0.4, -0.2) is 19.6 Å². The van der Waals surface area contributed by atoms with Crippen molar-refractivity contribution in [1.29, 1.82) is 0 Å². The van der Waals surface area contributed by atoms with Crippen molar-refractivity contribution in [2.75, 3.05) is 0 Å². The summed E-state index contributed by atoms with van der Waals surface area (Å²) >= 11 is 0. The summed E-state index contributed by atoms with van der Waals surface area (Å²) < 4.78 is 3.62. The van der Waals surface area contributed by atoms with Crippen molar-refractivity contribution >= 4 is 0 Å². The molecule has 5 nitrogen and oxygen atoms in total. The van der Waals surface area contributed by atoms with E-state index in [1.54, 1.807) is 17.1 Å². The molecule has 0 spiro atoms. The second-order valence-corrected chi connectivity index (χ2v) is 3.55. The quantitative estimate of drug-likeness (QED) is 0.801. The van der Waals surface area contributed by atoms with Crippen LogP contribution in [0.25, 0.3) is 0 Å². The largest absolute Gasteiger partial charge is 0.320 e. The Labute approximate surface area is 88.5 Å². The third-order valence-electron chi connectivity index (χ3n) is 2.42. The highest BCUT2D eigenvalue weighted by molar-refractivity contribution is 5.24. The number of nitrogens with zero attached hydrogens (tertiary/aromatic N) is 4. The molecule has 15 heavy (non-hydrogen) atoms. The molecule has 2 aromatic heterocycles. The van der Waals surface area contributed by atoms with Gasteiger partial charge in [-0.2, -0.15) is 10.2 Å². The molecule has 0 saturated heterocycles. The third kappa shape index (κ3) is 1.92. The number of aromatic nitrogens is 4. The van der Waals surface area contributed by atoms with Gasteiger partial charge in [-0.1, -0.05) is 0 Å². The number of rotatable bonds is 3. The van der Waals surface area contributed by atoms with Crippen LogP contribution < -0.4 is 5.73 Å². The monoisotopic (exact) mass is 205 g/mol. The fourth-order valence-corrected chi connectivity index (χ4v) is 1.51. The van der Waals surface area contributed by atoms with E-state index in [0.29, 0.717) is 0 Å². The van der Waals surface area contributed by atoms with Gasteiger partial charge in [0.15, 0.2) is 0 Å². The van der Waals surface area contributed by atoms with Crippen LogP contribution in [0.15, 0.2) is 24.8 Å². The van der Waals surface area contributed by atoms with Crippen molar-refractivity contribution in [3.05, 3.63) is 35.9 Å². The van der Waals surface area contributed by atoms with Crippen LogP contribution in [0.1, 0.15) is 24.1 Å². The molecule has 2 N–H and O–H groups in total. The van der Waals surface area contributed by atoms with Crippen molar-refractivity contribution in [3.63, 3.8) is 0 Å². The van der Waals surface area contributed by atoms with Gasteiger partial charge >= 0.3 is 0 Å². The van der Waals surface area contributed by atoms with Crippen molar-refractivity contribution in [3.8, 4) is 0 Å². The van der Waals surface area contributed by atoms with Crippen LogP contribution >= 0.6 is 0 Å². The molecule has 2 aromatic rings. The summed E-state index contributed by atoms with van der Waals surface area (Å²) in [6, 6.07) is -0.140. The molecule has 1 atom stereocenters. The van der Waals surface area contributed by atoms with Crippen LogP contribution in [0.3, 0.4) is 0 Å². The van der Waals surface area contributed by atoms with Crippen molar-refractivity contribution in [1.82, 2.24) is 19.6 Å². The zero-order valence-corrected chi connectivity index (χ0v) is 8.96. The number of hydrogen-bond donors (Lipinski definition) is 1. The molecule has 1 unspecified atom stereocenters. The molecule has 80 valence electrons. The van der Waals surface area contributed by atoms with Crippen LogP contribution in [0.2, 0.25) is 0 Å². The molecule has 0 aliphatic carbocycles. The summed E-state index contributed by atoms with van der Waals surface area (Å²) in [4.78, 5) is 0. The minimum absolute atomic E-state index is 0.140. The molecule has 2 rings (SSSR count). The Morgan fingerprint density at radius 3 is 2.47 bits per heavy atom. The Hall–Kier alpha value is -1.62. The van der Waals surface area contributed by atoms with E-state index in [0.717, 1.165) is 17.7 Å². The standard InChI is InChI=1S/C10H15N5/c1-3-15-7-9(5-13-15)10(11)8-4-12-14(2)6-8/h4-7,10H,3,11H2,1-2H3. The van der Waals surface area contributed by atoms with Crippen LogP contribution in [0.5, 0.6) is 0 Å². The summed E-state index contributed by atoms with van der Waals surface area (Å²) in [5.74, 6) is 0. The first-order valence-electron chi connectivity index (χ1n) is 4.97. The van der Waals surface area contributed by atoms with Crippen molar-refractivity contribution < 1.29 is 0 Å². The lowest BCUT2D eigenvalue weighted by atomic mass is 10.1. The lowest BCUT2D eigenvalue weighted by Crippen LogP contribution is -2.10. The Bertz CT molecular complexity index is 442. The average molecular weight is 205 g/mol. The van der Waals surface area contributed by atoms with E-state index in [1.807, 2.05) is 31.0 Å². The lowest BCUT2D eigenvalue weighted by molar-refractivity contribution is 0.658. The molecule has 0 aliphatic rings. The van der Waals surface area contributed by atoms with E-state index in [4.69, 9.17) is 5.73 Å². The fraction of sp³-hybridized carbons (Fsp3) is 0.400. The Morgan fingerprint density at radius 2 is 1.93 bits per heavy atom. The maximum absolute atomic E-state index is 6.09. The SMILES string of the molecule is CCn1cc(C(N)c2cnn(C)c2)cn1. The first-order chi connectivity index (χ1) is 7.20. The fourth-order valence-electron chi connectivity index (χ4n) is 1.51. The maximum Gasteiger partial charge on any atom is 0.0614 e. The molecule has 0 amide bonds. The summed E-state index contributed by atoms with van der Waals surface area (Å²) in [7, 11) is 1.88. The van der Waals surface area contributed by atoms with Gasteiger partial charge in [-0.3, -0.25) is 9.36 Å². The number of hydrogen-bond acceptors (Lipinski definition) is 3. The van der Waals surface area contributed by atoms with Gasteiger partial charge in [-0.25, -0.2) is 0 Å². The zero-order valence-electron chi connectivity index (χ0n) is 8.96. The molecule has 0 radical (unpaired) electrons. The van der Waals surface area contributed by atoms with Crippen LogP contribution in [-0.2, 0) is 13.6 Å². The molecule has 0 bridgehead atoms. The Balaban J connectivity index is 2.23. The van der Waals surface area contributed by atoms with E-state index < -0.39 is 0 Å². The smallest absolute Gasteiger partial charge is 0.0614 e. The van der Waals surface area contributed by atoms with Crippen molar-refractivity contribution in [2.45, 2.75) is 19.5 Å².